The second-order valence-electron chi connectivity index (χ2n) is 6.89. The summed E-state index contributed by atoms with van der Waals surface area (Å²) < 4.78 is 36.8. The molecule has 7 nitrogen and oxygen atoms in total. The zero-order valence-corrected chi connectivity index (χ0v) is 16.1. The molecular weight excluding hydrogens is 364 g/mol. The van der Waals surface area contributed by atoms with Crippen molar-refractivity contribution in [1.29, 1.82) is 0 Å². The van der Waals surface area contributed by atoms with Crippen LogP contribution < -0.4 is 4.72 Å². The van der Waals surface area contributed by atoms with Crippen LogP contribution in [0.4, 0.5) is 0 Å². The van der Waals surface area contributed by atoms with Crippen molar-refractivity contribution in [3.05, 3.63) is 54.0 Å². The molecule has 27 heavy (non-hydrogen) atoms. The SMILES string of the molecule is Cc1ccc(S(=O)(=O)N[C@H]2CCCO[C@@H]2c2cnn(C)c2)c2cccnc12. The van der Waals surface area contributed by atoms with E-state index in [9.17, 15) is 8.42 Å². The Labute approximate surface area is 158 Å². The molecule has 8 heteroatoms. The van der Waals surface area contributed by atoms with Gasteiger partial charge in [0.25, 0.3) is 0 Å². The maximum atomic E-state index is 13.2. The number of sulfonamides is 1. The molecule has 0 spiro atoms. The zero-order chi connectivity index (χ0) is 19.0. The molecule has 1 aliphatic rings. The van der Waals surface area contributed by atoms with Gasteiger partial charge in [0.2, 0.25) is 10.0 Å². The summed E-state index contributed by atoms with van der Waals surface area (Å²) in [4.78, 5) is 4.58. The second kappa shape index (κ2) is 7.03. The fourth-order valence-corrected chi connectivity index (χ4v) is 5.07. The number of rotatable bonds is 4. The number of hydrogen-bond acceptors (Lipinski definition) is 5. The lowest BCUT2D eigenvalue weighted by Gasteiger charge is -2.31. The first kappa shape index (κ1) is 18.1. The van der Waals surface area contributed by atoms with E-state index >= 15 is 0 Å². The first-order valence-electron chi connectivity index (χ1n) is 8.92. The molecule has 3 aromatic rings. The van der Waals surface area contributed by atoms with Gasteiger partial charge in [-0.3, -0.25) is 9.67 Å². The number of aromatic nitrogens is 3. The molecule has 0 unspecified atom stereocenters. The highest BCUT2D eigenvalue weighted by molar-refractivity contribution is 7.89. The summed E-state index contributed by atoms with van der Waals surface area (Å²) in [6.07, 6.45) is 6.43. The van der Waals surface area contributed by atoms with Crippen LogP contribution in [0.1, 0.15) is 30.1 Å². The van der Waals surface area contributed by atoms with Gasteiger partial charge < -0.3 is 4.74 Å². The fraction of sp³-hybridized carbons (Fsp3) is 0.368. The topological polar surface area (TPSA) is 86.1 Å². The van der Waals surface area contributed by atoms with Crippen LogP contribution in [0.5, 0.6) is 0 Å². The maximum Gasteiger partial charge on any atom is 0.241 e. The van der Waals surface area contributed by atoms with E-state index in [2.05, 4.69) is 14.8 Å². The van der Waals surface area contributed by atoms with Crippen LogP contribution in [0.3, 0.4) is 0 Å². The van der Waals surface area contributed by atoms with Gasteiger partial charge in [-0.05, 0) is 43.5 Å². The van der Waals surface area contributed by atoms with Gasteiger partial charge in [0.05, 0.1) is 22.7 Å². The van der Waals surface area contributed by atoms with Crippen LogP contribution in [0.15, 0.2) is 47.8 Å². The van der Waals surface area contributed by atoms with Crippen molar-refractivity contribution < 1.29 is 13.2 Å². The van der Waals surface area contributed by atoms with Gasteiger partial charge in [0, 0.05) is 37.0 Å². The number of fused-ring (bicyclic) bond motifs is 1. The predicted molar refractivity (Wildman–Crippen MR) is 102 cm³/mol. The van der Waals surface area contributed by atoms with Crippen molar-refractivity contribution in [2.45, 2.75) is 36.8 Å². The van der Waals surface area contributed by atoms with E-state index in [0.717, 1.165) is 17.5 Å². The van der Waals surface area contributed by atoms with Gasteiger partial charge >= 0.3 is 0 Å². The molecule has 0 bridgehead atoms. The Kier molecular flexibility index (Phi) is 4.71. The lowest BCUT2D eigenvalue weighted by atomic mass is 9.99. The molecule has 0 saturated carbocycles. The summed E-state index contributed by atoms with van der Waals surface area (Å²) >= 11 is 0. The maximum absolute atomic E-state index is 13.2. The molecule has 2 atom stereocenters. The highest BCUT2D eigenvalue weighted by Crippen LogP contribution is 2.31. The van der Waals surface area contributed by atoms with Crippen molar-refractivity contribution >= 4 is 20.9 Å². The van der Waals surface area contributed by atoms with E-state index in [4.69, 9.17) is 4.74 Å². The van der Waals surface area contributed by atoms with E-state index in [-0.39, 0.29) is 17.0 Å². The number of nitrogens with zero attached hydrogens (tertiary/aromatic N) is 3. The van der Waals surface area contributed by atoms with Crippen LogP contribution in [0.2, 0.25) is 0 Å². The summed E-state index contributed by atoms with van der Waals surface area (Å²) in [7, 11) is -1.90. The number of aryl methyl sites for hydroxylation is 2. The number of benzene rings is 1. The van der Waals surface area contributed by atoms with E-state index in [1.165, 1.54) is 0 Å². The van der Waals surface area contributed by atoms with Crippen molar-refractivity contribution in [2.75, 3.05) is 6.61 Å². The lowest BCUT2D eigenvalue weighted by Crippen LogP contribution is -2.42. The Morgan fingerprint density at radius 1 is 1.30 bits per heavy atom. The average molecular weight is 386 g/mol. The van der Waals surface area contributed by atoms with Gasteiger partial charge in [-0.1, -0.05) is 6.07 Å². The Balaban J connectivity index is 1.69. The summed E-state index contributed by atoms with van der Waals surface area (Å²) in [6, 6.07) is 6.63. The van der Waals surface area contributed by atoms with Crippen LogP contribution in [-0.2, 0) is 21.8 Å². The van der Waals surface area contributed by atoms with E-state index in [0.29, 0.717) is 23.9 Å². The Morgan fingerprint density at radius 2 is 2.15 bits per heavy atom. The smallest absolute Gasteiger partial charge is 0.241 e. The van der Waals surface area contributed by atoms with Crippen LogP contribution in [-0.4, -0.2) is 35.8 Å². The van der Waals surface area contributed by atoms with E-state index in [1.54, 1.807) is 41.3 Å². The zero-order valence-electron chi connectivity index (χ0n) is 15.3. The van der Waals surface area contributed by atoms with Crippen molar-refractivity contribution in [3.8, 4) is 0 Å². The number of hydrogen-bond donors (Lipinski definition) is 1. The van der Waals surface area contributed by atoms with Crippen molar-refractivity contribution in [3.63, 3.8) is 0 Å². The van der Waals surface area contributed by atoms with Gasteiger partial charge in [-0.15, -0.1) is 0 Å². The third kappa shape index (κ3) is 3.47. The standard InChI is InChI=1S/C19H22N4O3S/c1-13-7-8-17(15-5-3-9-20-18(13)15)27(24,25)22-16-6-4-10-26-19(16)14-11-21-23(2)12-14/h3,5,7-9,11-12,16,19,22H,4,6,10H2,1-2H3/t16-,19+/m0/s1. The van der Waals surface area contributed by atoms with Gasteiger partial charge in [-0.25, -0.2) is 13.1 Å². The van der Waals surface area contributed by atoms with Crippen LogP contribution in [0.25, 0.3) is 10.9 Å². The third-order valence-corrected chi connectivity index (χ3v) is 6.45. The Morgan fingerprint density at radius 3 is 2.93 bits per heavy atom. The summed E-state index contributed by atoms with van der Waals surface area (Å²) in [5.41, 5.74) is 2.52. The van der Waals surface area contributed by atoms with Gasteiger partial charge in [-0.2, -0.15) is 5.10 Å². The minimum absolute atomic E-state index is 0.242. The number of pyridine rings is 1. The Hall–Kier alpha value is -2.29. The molecule has 1 N–H and O–H groups in total. The molecule has 3 heterocycles. The molecule has 0 amide bonds. The minimum atomic E-state index is -3.73. The quantitative estimate of drug-likeness (QED) is 0.744. The average Bonchev–Trinajstić information content (AvgIpc) is 3.08. The lowest BCUT2D eigenvalue weighted by molar-refractivity contribution is -0.00446. The number of nitrogens with one attached hydrogen (secondary N) is 1. The summed E-state index contributed by atoms with van der Waals surface area (Å²) in [5.74, 6) is 0. The highest BCUT2D eigenvalue weighted by Gasteiger charge is 2.33. The fourth-order valence-electron chi connectivity index (χ4n) is 3.60. The molecule has 142 valence electrons. The summed E-state index contributed by atoms with van der Waals surface area (Å²) in [6.45, 7) is 2.53. The molecule has 4 rings (SSSR count). The van der Waals surface area contributed by atoms with E-state index in [1.807, 2.05) is 20.2 Å². The molecule has 1 aromatic carbocycles. The van der Waals surface area contributed by atoms with Crippen LogP contribution >= 0.6 is 0 Å². The molecular formula is C19H22N4O3S. The van der Waals surface area contributed by atoms with Gasteiger partial charge in [0.15, 0.2) is 0 Å². The first-order chi connectivity index (χ1) is 13.0. The monoisotopic (exact) mass is 386 g/mol. The van der Waals surface area contributed by atoms with Gasteiger partial charge in [0.1, 0.15) is 6.10 Å². The van der Waals surface area contributed by atoms with Crippen LogP contribution in [0, 0.1) is 6.92 Å². The summed E-state index contributed by atoms with van der Waals surface area (Å²) in [5, 5.41) is 4.81. The molecule has 0 radical (unpaired) electrons. The molecule has 1 aliphatic heterocycles. The molecule has 2 aromatic heterocycles. The first-order valence-corrected chi connectivity index (χ1v) is 10.4. The molecule has 0 aliphatic carbocycles. The van der Waals surface area contributed by atoms with E-state index < -0.39 is 10.0 Å². The third-order valence-electron chi connectivity index (χ3n) is 4.90. The van der Waals surface area contributed by atoms with Crippen molar-refractivity contribution in [2.24, 2.45) is 7.05 Å². The normalized spacial score (nSPS) is 20.8. The van der Waals surface area contributed by atoms with Crippen molar-refractivity contribution in [1.82, 2.24) is 19.5 Å². The number of ether oxygens (including phenoxy) is 1. The molecule has 1 fully saturated rings. The molecule has 1 saturated heterocycles. The predicted octanol–water partition coefficient (Wildman–Crippen LogP) is 2.48. The largest absolute Gasteiger partial charge is 0.372 e. The second-order valence-corrected chi connectivity index (χ2v) is 8.57. The Bertz CT molecular complexity index is 1080. The highest BCUT2D eigenvalue weighted by atomic mass is 32.2. The minimum Gasteiger partial charge on any atom is -0.372 e.